The van der Waals surface area contributed by atoms with Crippen LogP contribution in [0.4, 0.5) is 18.9 Å². The third kappa shape index (κ3) is 3.59. The van der Waals surface area contributed by atoms with Crippen molar-refractivity contribution in [2.24, 2.45) is 10.8 Å². The van der Waals surface area contributed by atoms with Crippen LogP contribution >= 0.6 is 11.6 Å². The van der Waals surface area contributed by atoms with Crippen LogP contribution < -0.4 is 11.2 Å². The highest BCUT2D eigenvalue weighted by molar-refractivity contribution is 6.46. The molecule has 0 aliphatic rings. The summed E-state index contributed by atoms with van der Waals surface area (Å²) in [6.45, 7) is 0. The number of anilines is 1. The van der Waals surface area contributed by atoms with Gasteiger partial charge in [0.15, 0.2) is 5.84 Å². The maximum Gasteiger partial charge on any atom is 0.418 e. The molecule has 0 aromatic heterocycles. The largest absolute Gasteiger partial charge is 0.418 e. The zero-order valence-corrected chi connectivity index (χ0v) is 9.97. The summed E-state index contributed by atoms with van der Waals surface area (Å²) in [5.74, 6) is -0.671. The minimum absolute atomic E-state index is 0.223. The van der Waals surface area contributed by atoms with Crippen molar-refractivity contribution in [1.29, 1.82) is 10.7 Å². The Morgan fingerprint density at radius 1 is 1.47 bits per heavy atom. The zero-order chi connectivity index (χ0) is 14.6. The molecule has 4 N–H and O–H groups in total. The molecule has 100 valence electrons. The Kier molecular flexibility index (Phi) is 4.34. The number of rotatable bonds is 3. The molecule has 5 nitrogen and oxygen atoms in total. The molecular weight excluding hydrogens is 283 g/mol. The molecule has 0 spiro atoms. The fourth-order valence-electron chi connectivity index (χ4n) is 1.13. The molecule has 0 atom stereocenters. The van der Waals surface area contributed by atoms with Gasteiger partial charge in [-0.05, 0) is 12.1 Å². The van der Waals surface area contributed by atoms with Crippen LogP contribution in [0.3, 0.4) is 0 Å². The van der Waals surface area contributed by atoms with Gasteiger partial charge in [-0.3, -0.25) is 10.8 Å². The third-order valence-electron chi connectivity index (χ3n) is 1.96. The Hall–Kier alpha value is -2.27. The van der Waals surface area contributed by atoms with E-state index in [0.29, 0.717) is 0 Å². The number of halogens is 4. The molecule has 0 unspecified atom stereocenters. The number of hydrogen-bond donors (Lipinski definition) is 3. The lowest BCUT2D eigenvalue weighted by molar-refractivity contribution is -0.136. The van der Waals surface area contributed by atoms with Crippen LogP contribution in [0.15, 0.2) is 23.3 Å². The molecule has 9 heteroatoms. The molecule has 1 aromatic carbocycles. The van der Waals surface area contributed by atoms with E-state index in [0.717, 1.165) is 12.1 Å². The summed E-state index contributed by atoms with van der Waals surface area (Å²) in [6, 6.07) is 4.64. The summed E-state index contributed by atoms with van der Waals surface area (Å²) in [5, 5.41) is 18.6. The lowest BCUT2D eigenvalue weighted by Crippen LogP contribution is -2.22. The molecule has 0 saturated carbocycles. The highest BCUT2D eigenvalue weighted by atomic mass is 35.5. The minimum Gasteiger partial charge on any atom is -0.382 e. The van der Waals surface area contributed by atoms with E-state index in [1.54, 1.807) is 0 Å². The van der Waals surface area contributed by atoms with Gasteiger partial charge in [0.05, 0.1) is 16.3 Å². The van der Waals surface area contributed by atoms with Crippen molar-refractivity contribution in [3.8, 4) is 6.07 Å². The molecule has 1 aromatic rings. The van der Waals surface area contributed by atoms with E-state index in [1.165, 1.54) is 12.1 Å². The Morgan fingerprint density at radius 3 is 2.58 bits per heavy atom. The van der Waals surface area contributed by atoms with Crippen molar-refractivity contribution in [3.05, 3.63) is 28.8 Å². The monoisotopic (exact) mass is 289 g/mol. The van der Waals surface area contributed by atoms with E-state index in [-0.39, 0.29) is 5.02 Å². The average molecular weight is 290 g/mol. The Morgan fingerprint density at radius 2 is 2.11 bits per heavy atom. The van der Waals surface area contributed by atoms with E-state index >= 15 is 0 Å². The SMILES string of the molecule is N#C/C(=N\Nc1c(Cl)cccc1C(F)(F)F)C(=N)N. The van der Waals surface area contributed by atoms with E-state index in [2.05, 4.69) is 5.10 Å². The lowest BCUT2D eigenvalue weighted by atomic mass is 10.2. The first-order chi connectivity index (χ1) is 8.77. The second kappa shape index (κ2) is 5.58. The second-order valence-corrected chi connectivity index (χ2v) is 3.67. The summed E-state index contributed by atoms with van der Waals surface area (Å²) in [4.78, 5) is 0. The van der Waals surface area contributed by atoms with Crippen LogP contribution in [-0.2, 0) is 6.18 Å². The summed E-state index contributed by atoms with van der Waals surface area (Å²) in [7, 11) is 0. The number of nitrogens with two attached hydrogens (primary N) is 1. The summed E-state index contributed by atoms with van der Waals surface area (Å²) in [5.41, 5.74) is 4.93. The number of nitrogens with one attached hydrogen (secondary N) is 2. The topological polar surface area (TPSA) is 98.0 Å². The van der Waals surface area contributed by atoms with Gasteiger partial charge in [-0.2, -0.15) is 23.5 Å². The Balaban J connectivity index is 3.22. The summed E-state index contributed by atoms with van der Waals surface area (Å²) < 4.78 is 38.1. The van der Waals surface area contributed by atoms with Crippen molar-refractivity contribution in [2.75, 3.05) is 5.43 Å². The smallest absolute Gasteiger partial charge is 0.382 e. The van der Waals surface area contributed by atoms with Crippen LogP contribution in [0.1, 0.15) is 5.56 Å². The van der Waals surface area contributed by atoms with Gasteiger partial charge >= 0.3 is 6.18 Å². The molecule has 0 aliphatic heterocycles. The number of nitriles is 1. The lowest BCUT2D eigenvalue weighted by Gasteiger charge is -2.13. The van der Waals surface area contributed by atoms with Gasteiger partial charge in [0.1, 0.15) is 6.07 Å². The average Bonchev–Trinajstić information content (AvgIpc) is 2.29. The quantitative estimate of drug-likeness (QED) is 0.453. The van der Waals surface area contributed by atoms with Gasteiger partial charge in [-0.1, -0.05) is 17.7 Å². The number of nitrogens with zero attached hydrogens (tertiary/aromatic N) is 2. The van der Waals surface area contributed by atoms with Gasteiger partial charge in [0, 0.05) is 0 Å². The third-order valence-corrected chi connectivity index (χ3v) is 2.27. The molecule has 1 rings (SSSR count). The normalized spacial score (nSPS) is 11.8. The molecule has 0 saturated heterocycles. The highest BCUT2D eigenvalue weighted by Crippen LogP contribution is 2.38. The van der Waals surface area contributed by atoms with Gasteiger partial charge < -0.3 is 5.73 Å². The van der Waals surface area contributed by atoms with Crippen molar-refractivity contribution in [1.82, 2.24) is 0 Å². The molecule has 19 heavy (non-hydrogen) atoms. The first kappa shape index (κ1) is 14.8. The van der Waals surface area contributed by atoms with Gasteiger partial charge in [-0.15, -0.1) is 0 Å². The number of alkyl halides is 3. The molecular formula is C10H7ClF3N5. The molecule has 0 heterocycles. The molecule has 0 aliphatic carbocycles. The van der Waals surface area contributed by atoms with Crippen molar-refractivity contribution < 1.29 is 13.2 Å². The second-order valence-electron chi connectivity index (χ2n) is 3.26. The summed E-state index contributed by atoms with van der Waals surface area (Å²) >= 11 is 5.64. The fourth-order valence-corrected chi connectivity index (χ4v) is 1.35. The predicted octanol–water partition coefficient (Wildman–Crippen LogP) is 2.59. The minimum atomic E-state index is -4.63. The van der Waals surface area contributed by atoms with Crippen LogP contribution in [0.2, 0.25) is 5.02 Å². The number of benzene rings is 1. The molecule has 0 radical (unpaired) electrons. The standard InChI is InChI=1S/C10H7ClF3N5/c11-6-3-1-2-5(10(12,13)14)8(6)19-18-7(4-15)9(16)17/h1-3,19H,(H3,16,17)/b18-7+. The van der Waals surface area contributed by atoms with Crippen molar-refractivity contribution in [2.45, 2.75) is 6.18 Å². The maximum atomic E-state index is 12.7. The molecule has 0 fully saturated rings. The molecule has 0 bridgehead atoms. The summed E-state index contributed by atoms with van der Waals surface area (Å²) in [6.07, 6.45) is -4.63. The zero-order valence-electron chi connectivity index (χ0n) is 9.22. The van der Waals surface area contributed by atoms with Gasteiger partial charge in [0.25, 0.3) is 0 Å². The fraction of sp³-hybridized carbons (Fsp3) is 0.100. The number of hydrazone groups is 1. The van der Waals surface area contributed by atoms with Crippen LogP contribution in [0.5, 0.6) is 0 Å². The van der Waals surface area contributed by atoms with Crippen LogP contribution in [-0.4, -0.2) is 11.5 Å². The highest BCUT2D eigenvalue weighted by Gasteiger charge is 2.34. The van der Waals surface area contributed by atoms with Crippen LogP contribution in [0, 0.1) is 16.7 Å². The number of hydrogen-bond acceptors (Lipinski definition) is 4. The van der Waals surface area contributed by atoms with E-state index in [4.69, 9.17) is 28.0 Å². The molecule has 0 amide bonds. The number of para-hydroxylation sites is 1. The first-order valence-corrected chi connectivity index (χ1v) is 5.09. The van der Waals surface area contributed by atoms with Crippen molar-refractivity contribution in [3.63, 3.8) is 0 Å². The maximum absolute atomic E-state index is 12.7. The Labute approximate surface area is 111 Å². The van der Waals surface area contributed by atoms with Crippen LogP contribution in [0.25, 0.3) is 0 Å². The van der Waals surface area contributed by atoms with E-state index in [9.17, 15) is 13.2 Å². The Bertz CT molecular complexity index is 574. The van der Waals surface area contributed by atoms with Crippen molar-refractivity contribution >= 4 is 28.8 Å². The predicted molar refractivity (Wildman–Crippen MR) is 65.0 cm³/mol. The van der Waals surface area contributed by atoms with E-state index in [1.807, 2.05) is 5.43 Å². The number of amidine groups is 1. The van der Waals surface area contributed by atoms with Gasteiger partial charge in [0.2, 0.25) is 5.71 Å². The van der Waals surface area contributed by atoms with Gasteiger partial charge in [-0.25, -0.2) is 0 Å². The first-order valence-electron chi connectivity index (χ1n) is 4.71. The van der Waals surface area contributed by atoms with E-state index < -0.39 is 29.0 Å².